The third-order valence-electron chi connectivity index (χ3n) is 6.10. The Kier molecular flexibility index (Phi) is 8.64. The van der Waals surface area contributed by atoms with Crippen LogP contribution in [0.1, 0.15) is 62.8 Å². The van der Waals surface area contributed by atoms with Crippen LogP contribution in [0.5, 0.6) is 0 Å². The fraction of sp³-hybridized carbons (Fsp3) is 0.400. The van der Waals surface area contributed by atoms with Gasteiger partial charge >= 0.3 is 12.1 Å². The van der Waals surface area contributed by atoms with E-state index in [1.54, 1.807) is 25.5 Å². The van der Waals surface area contributed by atoms with Crippen molar-refractivity contribution >= 4 is 45.9 Å². The minimum absolute atomic E-state index is 0.167. The van der Waals surface area contributed by atoms with E-state index in [2.05, 4.69) is 20.8 Å². The fourth-order valence-electron chi connectivity index (χ4n) is 4.12. The molecule has 0 saturated carbocycles. The van der Waals surface area contributed by atoms with Crippen LogP contribution in [0.15, 0.2) is 29.4 Å². The van der Waals surface area contributed by atoms with Gasteiger partial charge in [-0.05, 0) is 50.8 Å². The smallest absolute Gasteiger partial charge is 0.417 e. The average molecular weight is 582 g/mol. The molecule has 1 atom stereocenters. The molecule has 0 spiro atoms. The van der Waals surface area contributed by atoms with Crippen LogP contribution in [0.2, 0.25) is 0 Å². The number of alkyl halides is 3. The van der Waals surface area contributed by atoms with Gasteiger partial charge in [0.2, 0.25) is 5.91 Å². The summed E-state index contributed by atoms with van der Waals surface area (Å²) in [5.74, 6) is -1.40. The van der Waals surface area contributed by atoms with Crippen molar-refractivity contribution in [3.05, 3.63) is 57.2 Å². The van der Waals surface area contributed by atoms with E-state index >= 15 is 0 Å². The number of amides is 2. The summed E-state index contributed by atoms with van der Waals surface area (Å²) in [6.07, 6.45) is -2.09. The molecule has 1 aromatic carbocycles. The van der Waals surface area contributed by atoms with Gasteiger partial charge in [0.05, 0.1) is 35.1 Å². The highest BCUT2D eigenvalue weighted by Gasteiger charge is 2.35. The zero-order valence-electron chi connectivity index (χ0n) is 21.3. The monoisotopic (exact) mass is 581 g/mol. The van der Waals surface area contributed by atoms with Crippen molar-refractivity contribution in [3.63, 3.8) is 0 Å². The number of benzene rings is 1. The second-order valence-electron chi connectivity index (χ2n) is 8.72. The van der Waals surface area contributed by atoms with Crippen LogP contribution in [-0.4, -0.2) is 44.4 Å². The number of rotatable bonds is 9. The van der Waals surface area contributed by atoms with Gasteiger partial charge in [-0.25, -0.2) is 4.79 Å². The first-order valence-electron chi connectivity index (χ1n) is 12.1. The largest absolute Gasteiger partial charge is 0.462 e. The maximum Gasteiger partial charge on any atom is 0.417 e. The molecule has 1 aliphatic carbocycles. The maximum absolute atomic E-state index is 13.2. The second-order valence-corrected chi connectivity index (χ2v) is 11.1. The minimum atomic E-state index is -4.67. The van der Waals surface area contributed by atoms with Crippen molar-refractivity contribution in [3.8, 4) is 0 Å². The van der Waals surface area contributed by atoms with Gasteiger partial charge in [0.15, 0.2) is 11.0 Å². The first-order chi connectivity index (χ1) is 18.5. The third-order valence-corrected chi connectivity index (χ3v) is 8.44. The summed E-state index contributed by atoms with van der Waals surface area (Å²) >= 11 is 2.50. The summed E-state index contributed by atoms with van der Waals surface area (Å²) in [6.45, 7) is 3.46. The predicted octanol–water partition coefficient (Wildman–Crippen LogP) is 4.61. The number of thiophene rings is 1. The van der Waals surface area contributed by atoms with Crippen LogP contribution in [0.25, 0.3) is 0 Å². The first kappa shape index (κ1) is 28.6. The van der Waals surface area contributed by atoms with Gasteiger partial charge < -0.3 is 19.9 Å². The molecular formula is C25H26F3N5O4S2. The Labute approximate surface area is 230 Å². The number of aromatic nitrogens is 3. The van der Waals surface area contributed by atoms with E-state index in [0.717, 1.165) is 53.6 Å². The predicted molar refractivity (Wildman–Crippen MR) is 140 cm³/mol. The standard InChI is InChI=1S/C25H26F3N5O4S2/c1-4-37-23(36)19-15-9-7-11-17(15)39-22(19)30-20(34)13(2)38-24-32-31-18(33(24)3)12-29-21(35)14-8-5-6-10-16(14)25(26,27)28/h5-6,8,10,13H,4,7,9,11-12H2,1-3H3,(H,29,35)(H,30,34)/t13-/m0/s1. The Bertz CT molecular complexity index is 1400. The highest BCUT2D eigenvalue weighted by atomic mass is 32.2. The number of hydrogen-bond donors (Lipinski definition) is 2. The van der Waals surface area contributed by atoms with Crippen LogP contribution in [0.3, 0.4) is 0 Å². The van der Waals surface area contributed by atoms with Gasteiger partial charge in [-0.15, -0.1) is 21.5 Å². The number of esters is 1. The van der Waals surface area contributed by atoms with E-state index in [1.165, 1.54) is 23.5 Å². The molecular weight excluding hydrogens is 555 g/mol. The number of nitrogens with one attached hydrogen (secondary N) is 2. The van der Waals surface area contributed by atoms with Crippen molar-refractivity contribution in [1.29, 1.82) is 0 Å². The van der Waals surface area contributed by atoms with Gasteiger partial charge in [0, 0.05) is 11.9 Å². The van der Waals surface area contributed by atoms with Gasteiger partial charge in [0.25, 0.3) is 5.91 Å². The topological polar surface area (TPSA) is 115 Å². The van der Waals surface area contributed by atoms with Gasteiger partial charge in [-0.3, -0.25) is 9.59 Å². The Balaban J connectivity index is 1.40. The van der Waals surface area contributed by atoms with Crippen LogP contribution >= 0.6 is 23.1 Å². The Morgan fingerprint density at radius 2 is 1.95 bits per heavy atom. The lowest BCUT2D eigenvalue weighted by molar-refractivity contribution is -0.138. The molecule has 4 rings (SSSR count). The van der Waals surface area contributed by atoms with E-state index in [-0.39, 0.29) is 19.1 Å². The third kappa shape index (κ3) is 6.27. The molecule has 2 amide bonds. The second kappa shape index (κ2) is 11.8. The number of hydrogen-bond acceptors (Lipinski definition) is 8. The number of thioether (sulfide) groups is 1. The van der Waals surface area contributed by atoms with E-state index in [9.17, 15) is 27.6 Å². The molecule has 1 aliphatic rings. The number of ether oxygens (including phenoxy) is 1. The summed E-state index contributed by atoms with van der Waals surface area (Å²) < 4.78 is 46.5. The number of nitrogens with zero attached hydrogens (tertiary/aromatic N) is 3. The number of fused-ring (bicyclic) bond motifs is 1. The number of anilines is 1. The quantitative estimate of drug-likeness (QED) is 0.280. The van der Waals surface area contributed by atoms with Crippen LogP contribution in [-0.2, 0) is 42.1 Å². The lowest BCUT2D eigenvalue weighted by Crippen LogP contribution is -2.27. The summed E-state index contributed by atoms with van der Waals surface area (Å²) in [7, 11) is 1.63. The molecule has 0 bridgehead atoms. The Hall–Kier alpha value is -3.39. The fourth-order valence-corrected chi connectivity index (χ4v) is 6.24. The molecule has 0 fully saturated rings. The van der Waals surface area contributed by atoms with E-state index in [1.807, 2.05) is 0 Å². The number of carbonyl (C=O) groups excluding carboxylic acids is 3. The highest BCUT2D eigenvalue weighted by Crippen LogP contribution is 2.40. The molecule has 208 valence electrons. The van der Waals surface area contributed by atoms with E-state index in [4.69, 9.17) is 4.74 Å². The molecule has 0 radical (unpaired) electrons. The number of halogens is 3. The highest BCUT2D eigenvalue weighted by molar-refractivity contribution is 8.00. The molecule has 14 heteroatoms. The van der Waals surface area contributed by atoms with Gasteiger partial charge in [-0.2, -0.15) is 13.2 Å². The first-order valence-corrected chi connectivity index (χ1v) is 13.8. The molecule has 2 N–H and O–H groups in total. The molecule has 9 nitrogen and oxygen atoms in total. The zero-order valence-corrected chi connectivity index (χ0v) is 23.0. The molecule has 0 saturated heterocycles. The van der Waals surface area contributed by atoms with E-state index in [0.29, 0.717) is 21.5 Å². The van der Waals surface area contributed by atoms with Crippen molar-refractivity contribution in [1.82, 2.24) is 20.1 Å². The average Bonchev–Trinajstić information content (AvgIpc) is 3.57. The molecule has 39 heavy (non-hydrogen) atoms. The van der Waals surface area contributed by atoms with Crippen LogP contribution < -0.4 is 10.6 Å². The lowest BCUT2D eigenvalue weighted by atomic mass is 10.1. The van der Waals surface area contributed by atoms with Crippen molar-refractivity contribution < 1.29 is 32.3 Å². The Morgan fingerprint density at radius 3 is 2.67 bits per heavy atom. The number of aryl methyl sites for hydroxylation is 1. The maximum atomic E-state index is 13.2. The summed E-state index contributed by atoms with van der Waals surface area (Å²) in [5, 5.41) is 13.6. The normalized spacial score (nSPS) is 13.6. The SMILES string of the molecule is CCOC(=O)c1c(NC(=O)[C@H](C)Sc2nnc(CNC(=O)c3ccccc3C(F)(F)F)n2C)sc2c1CCC2. The van der Waals surface area contributed by atoms with Gasteiger partial charge in [0.1, 0.15) is 5.00 Å². The van der Waals surface area contributed by atoms with Crippen LogP contribution in [0.4, 0.5) is 18.2 Å². The van der Waals surface area contributed by atoms with Crippen molar-refractivity contribution in [2.75, 3.05) is 11.9 Å². The summed E-state index contributed by atoms with van der Waals surface area (Å²) in [6, 6.07) is 4.52. The minimum Gasteiger partial charge on any atom is -0.462 e. The molecule has 0 aliphatic heterocycles. The molecule has 2 aromatic heterocycles. The Morgan fingerprint density at radius 1 is 1.21 bits per heavy atom. The summed E-state index contributed by atoms with van der Waals surface area (Å²) in [4.78, 5) is 39.1. The molecule has 3 aromatic rings. The molecule has 2 heterocycles. The van der Waals surface area contributed by atoms with E-state index < -0.39 is 34.4 Å². The number of carbonyl (C=O) groups is 3. The molecule has 0 unspecified atom stereocenters. The zero-order chi connectivity index (χ0) is 28.3. The van der Waals surface area contributed by atoms with Crippen molar-refractivity contribution in [2.45, 2.75) is 56.2 Å². The lowest BCUT2D eigenvalue weighted by Gasteiger charge is -2.13. The van der Waals surface area contributed by atoms with Crippen LogP contribution in [0, 0.1) is 0 Å². The summed E-state index contributed by atoms with van der Waals surface area (Å²) in [5.41, 5.74) is -0.164. The van der Waals surface area contributed by atoms with Gasteiger partial charge in [-0.1, -0.05) is 23.9 Å². The van der Waals surface area contributed by atoms with Crippen molar-refractivity contribution in [2.24, 2.45) is 7.05 Å².